The Kier molecular flexibility index (Phi) is 5.10. The first kappa shape index (κ1) is 16.7. The van der Waals surface area contributed by atoms with E-state index < -0.39 is 0 Å². The number of hydrogen-bond acceptors (Lipinski definition) is 6. The van der Waals surface area contributed by atoms with Gasteiger partial charge in [0.2, 0.25) is 0 Å². The second kappa shape index (κ2) is 7.64. The number of hydrogen-bond donors (Lipinski definition) is 2. The van der Waals surface area contributed by atoms with Crippen LogP contribution < -0.4 is 10.0 Å². The molecule has 128 valence electrons. The van der Waals surface area contributed by atoms with E-state index in [1.54, 1.807) is 17.5 Å². The van der Waals surface area contributed by atoms with Crippen molar-refractivity contribution in [2.75, 3.05) is 10.0 Å². The molecule has 2 N–H and O–H groups in total. The highest BCUT2D eigenvalue weighted by Gasteiger charge is 2.21. The summed E-state index contributed by atoms with van der Waals surface area (Å²) in [6, 6.07) is 10.5. The van der Waals surface area contributed by atoms with Gasteiger partial charge in [-0.25, -0.2) is 4.98 Å². The number of rotatable bonds is 5. The average Bonchev–Trinajstić information content (AvgIpc) is 3.16. The highest BCUT2D eigenvalue weighted by Crippen LogP contribution is 2.35. The molecule has 0 saturated carbocycles. The van der Waals surface area contributed by atoms with Crippen LogP contribution in [0.1, 0.15) is 30.1 Å². The number of aryl methyl sites for hydroxylation is 1. The van der Waals surface area contributed by atoms with E-state index in [4.69, 9.17) is 11.6 Å². The lowest BCUT2D eigenvalue weighted by Gasteiger charge is -2.26. The largest absolute Gasteiger partial charge is 0.375 e. The molecular weight excluding hydrogens is 372 g/mol. The number of thiazole rings is 1. The summed E-state index contributed by atoms with van der Waals surface area (Å²) in [6.07, 6.45) is 6.99. The van der Waals surface area contributed by atoms with E-state index in [2.05, 4.69) is 32.1 Å². The van der Waals surface area contributed by atoms with Gasteiger partial charge in [-0.15, -0.1) is 11.3 Å². The Hall–Kier alpha value is -1.76. The van der Waals surface area contributed by atoms with Crippen LogP contribution in [-0.2, 0) is 6.42 Å². The van der Waals surface area contributed by atoms with Crippen LogP contribution in [-0.4, -0.2) is 9.97 Å². The summed E-state index contributed by atoms with van der Waals surface area (Å²) >= 11 is 9.58. The zero-order valence-corrected chi connectivity index (χ0v) is 15.8. The second-order valence-corrected chi connectivity index (χ2v) is 8.00. The van der Waals surface area contributed by atoms with Gasteiger partial charge in [-0.1, -0.05) is 17.7 Å². The molecular formula is C18H17ClN4S2. The van der Waals surface area contributed by atoms with E-state index in [0.29, 0.717) is 5.02 Å². The zero-order chi connectivity index (χ0) is 17.1. The number of anilines is 2. The predicted molar refractivity (Wildman–Crippen MR) is 107 cm³/mol. The molecule has 1 atom stereocenters. The predicted octanol–water partition coefficient (Wildman–Crippen LogP) is 5.80. The van der Waals surface area contributed by atoms with Crippen LogP contribution in [0, 0.1) is 0 Å². The van der Waals surface area contributed by atoms with Gasteiger partial charge < -0.3 is 10.0 Å². The molecule has 4 nitrogen and oxygen atoms in total. The molecule has 0 fully saturated rings. The van der Waals surface area contributed by atoms with Crippen LogP contribution in [0.2, 0.25) is 5.02 Å². The Morgan fingerprint density at radius 1 is 1.20 bits per heavy atom. The fourth-order valence-corrected chi connectivity index (χ4v) is 4.55. The molecule has 4 rings (SSSR count). The number of nitrogens with zero attached hydrogens (tertiary/aromatic N) is 2. The van der Waals surface area contributed by atoms with Crippen molar-refractivity contribution in [3.8, 4) is 0 Å². The zero-order valence-electron chi connectivity index (χ0n) is 13.4. The van der Waals surface area contributed by atoms with Gasteiger partial charge in [0.1, 0.15) is 0 Å². The summed E-state index contributed by atoms with van der Waals surface area (Å²) in [5, 5.41) is 7.11. The monoisotopic (exact) mass is 388 g/mol. The first-order valence-electron chi connectivity index (χ1n) is 8.12. The molecule has 0 unspecified atom stereocenters. The van der Waals surface area contributed by atoms with Crippen molar-refractivity contribution in [1.82, 2.24) is 9.97 Å². The molecule has 7 heteroatoms. The molecule has 1 aliphatic rings. The highest BCUT2D eigenvalue weighted by molar-refractivity contribution is 8.00. The second-order valence-electron chi connectivity index (χ2n) is 5.82. The van der Waals surface area contributed by atoms with E-state index in [0.717, 1.165) is 34.2 Å². The minimum Gasteiger partial charge on any atom is -0.375 e. The maximum absolute atomic E-state index is 6.50. The minimum absolute atomic E-state index is 0.217. The molecule has 0 saturated heterocycles. The number of halogens is 1. The van der Waals surface area contributed by atoms with Gasteiger partial charge in [-0.3, -0.25) is 4.98 Å². The van der Waals surface area contributed by atoms with Crippen molar-refractivity contribution < 1.29 is 0 Å². The summed E-state index contributed by atoms with van der Waals surface area (Å²) in [6.45, 7) is 0. The summed E-state index contributed by atoms with van der Waals surface area (Å²) in [4.78, 5) is 9.83. The summed E-state index contributed by atoms with van der Waals surface area (Å²) in [5.41, 5.74) is 3.43. The SMILES string of the molecule is Clc1cc(SNc2nccs2)ccc1N[C@H]1CCCc2cccnc21. The van der Waals surface area contributed by atoms with Crippen molar-refractivity contribution in [2.24, 2.45) is 0 Å². The molecule has 2 aromatic heterocycles. The number of benzene rings is 1. The topological polar surface area (TPSA) is 49.8 Å². The van der Waals surface area contributed by atoms with Gasteiger partial charge in [0.05, 0.1) is 22.4 Å². The Morgan fingerprint density at radius 2 is 2.16 bits per heavy atom. The van der Waals surface area contributed by atoms with Crippen molar-refractivity contribution in [3.05, 3.63) is 64.4 Å². The molecule has 2 heterocycles. The Morgan fingerprint density at radius 3 is 3.00 bits per heavy atom. The van der Waals surface area contributed by atoms with Crippen LogP contribution in [0.5, 0.6) is 0 Å². The first-order valence-corrected chi connectivity index (χ1v) is 10.2. The van der Waals surface area contributed by atoms with Gasteiger partial charge >= 0.3 is 0 Å². The molecule has 1 aliphatic carbocycles. The van der Waals surface area contributed by atoms with E-state index in [-0.39, 0.29) is 6.04 Å². The average molecular weight is 389 g/mol. The maximum atomic E-state index is 6.50. The van der Waals surface area contributed by atoms with Gasteiger partial charge in [0.15, 0.2) is 5.13 Å². The van der Waals surface area contributed by atoms with Crippen molar-refractivity contribution in [1.29, 1.82) is 0 Å². The molecule has 0 aliphatic heterocycles. The first-order chi connectivity index (χ1) is 12.3. The lowest BCUT2D eigenvalue weighted by Crippen LogP contribution is -2.19. The van der Waals surface area contributed by atoms with E-state index >= 15 is 0 Å². The number of aromatic nitrogens is 2. The lowest BCUT2D eigenvalue weighted by atomic mass is 9.92. The standard InChI is InChI=1S/C18H17ClN4S2/c19-14-11-13(25-23-18-21-9-10-24-18)6-7-15(14)22-16-5-1-3-12-4-2-8-20-17(12)16/h2,4,6-11,16,22H,1,3,5H2,(H,21,23)/t16-/m0/s1. The van der Waals surface area contributed by atoms with E-state index in [1.807, 2.05) is 29.8 Å². The molecule has 1 aromatic carbocycles. The van der Waals surface area contributed by atoms with Crippen LogP contribution in [0.4, 0.5) is 10.8 Å². The van der Waals surface area contributed by atoms with E-state index in [1.165, 1.54) is 23.9 Å². The van der Waals surface area contributed by atoms with E-state index in [9.17, 15) is 0 Å². The molecule has 3 aromatic rings. The quantitative estimate of drug-likeness (QED) is 0.541. The number of fused-ring (bicyclic) bond motifs is 1. The van der Waals surface area contributed by atoms with Crippen LogP contribution in [0.3, 0.4) is 0 Å². The Labute approximate surface area is 160 Å². The van der Waals surface area contributed by atoms with Gasteiger partial charge in [0, 0.05) is 22.7 Å². The fourth-order valence-electron chi connectivity index (χ4n) is 2.99. The third-order valence-electron chi connectivity index (χ3n) is 4.15. The van der Waals surface area contributed by atoms with Crippen molar-refractivity contribution >= 4 is 45.7 Å². The summed E-state index contributed by atoms with van der Waals surface area (Å²) in [7, 11) is 0. The van der Waals surface area contributed by atoms with Gasteiger partial charge in [0.25, 0.3) is 0 Å². The van der Waals surface area contributed by atoms with Gasteiger partial charge in [-0.05, 0) is 61.0 Å². The molecule has 0 bridgehead atoms. The van der Waals surface area contributed by atoms with Crippen LogP contribution >= 0.6 is 34.9 Å². The summed E-state index contributed by atoms with van der Waals surface area (Å²) in [5.74, 6) is 0. The number of pyridine rings is 1. The molecule has 0 radical (unpaired) electrons. The lowest BCUT2D eigenvalue weighted by molar-refractivity contribution is 0.583. The van der Waals surface area contributed by atoms with Gasteiger partial charge in [-0.2, -0.15) is 0 Å². The Balaban J connectivity index is 1.46. The third kappa shape index (κ3) is 3.92. The molecule has 25 heavy (non-hydrogen) atoms. The molecule has 0 spiro atoms. The van der Waals surface area contributed by atoms with Crippen LogP contribution in [0.15, 0.2) is 53.0 Å². The van der Waals surface area contributed by atoms with Crippen molar-refractivity contribution in [2.45, 2.75) is 30.2 Å². The minimum atomic E-state index is 0.217. The summed E-state index contributed by atoms with van der Waals surface area (Å²) < 4.78 is 3.22. The highest BCUT2D eigenvalue weighted by atomic mass is 35.5. The van der Waals surface area contributed by atoms with Crippen LogP contribution in [0.25, 0.3) is 0 Å². The van der Waals surface area contributed by atoms with Crippen molar-refractivity contribution in [3.63, 3.8) is 0 Å². The Bertz CT molecular complexity index is 854. The number of nitrogens with one attached hydrogen (secondary N) is 2. The molecule has 0 amide bonds. The third-order valence-corrected chi connectivity index (χ3v) is 6.07. The maximum Gasteiger partial charge on any atom is 0.192 e. The normalized spacial score (nSPS) is 16.3. The fraction of sp³-hybridized carbons (Fsp3) is 0.222. The smallest absolute Gasteiger partial charge is 0.192 e.